The van der Waals surface area contributed by atoms with Crippen molar-refractivity contribution in [2.45, 2.75) is 24.0 Å². The number of nitrogens with one attached hydrogen (secondary N) is 1. The SMILES string of the molecule is Cc1ccc(CCCNC(=O)CN(c2ccccc2F)S(=O)(=O)c2cccs2)cc1. The minimum absolute atomic E-state index is 0.0536. The zero-order valence-electron chi connectivity index (χ0n) is 16.5. The van der Waals surface area contributed by atoms with E-state index in [0.717, 1.165) is 22.1 Å². The van der Waals surface area contributed by atoms with E-state index in [-0.39, 0.29) is 9.90 Å². The zero-order chi connectivity index (χ0) is 21.6. The summed E-state index contributed by atoms with van der Waals surface area (Å²) in [4.78, 5) is 12.5. The van der Waals surface area contributed by atoms with Crippen LogP contribution in [0.25, 0.3) is 0 Å². The molecule has 1 aromatic heterocycles. The molecule has 0 radical (unpaired) electrons. The summed E-state index contributed by atoms with van der Waals surface area (Å²) >= 11 is 1.02. The van der Waals surface area contributed by atoms with Crippen molar-refractivity contribution in [1.29, 1.82) is 0 Å². The maximum absolute atomic E-state index is 14.4. The van der Waals surface area contributed by atoms with Gasteiger partial charge < -0.3 is 5.32 Å². The quantitative estimate of drug-likeness (QED) is 0.503. The fraction of sp³-hybridized carbons (Fsp3) is 0.227. The highest BCUT2D eigenvalue weighted by Crippen LogP contribution is 2.28. The van der Waals surface area contributed by atoms with Gasteiger partial charge in [-0.3, -0.25) is 9.10 Å². The van der Waals surface area contributed by atoms with Crippen LogP contribution in [0.3, 0.4) is 0 Å². The number of benzene rings is 2. The third kappa shape index (κ3) is 5.46. The van der Waals surface area contributed by atoms with Crippen LogP contribution in [-0.4, -0.2) is 27.4 Å². The second-order valence-electron chi connectivity index (χ2n) is 6.83. The number of hydrogen-bond acceptors (Lipinski definition) is 4. The first-order chi connectivity index (χ1) is 14.4. The number of hydrogen-bond donors (Lipinski definition) is 1. The summed E-state index contributed by atoms with van der Waals surface area (Å²) in [5.41, 5.74) is 2.20. The maximum Gasteiger partial charge on any atom is 0.274 e. The van der Waals surface area contributed by atoms with Crippen molar-refractivity contribution in [3.8, 4) is 0 Å². The Bertz CT molecular complexity index is 1080. The normalized spacial score (nSPS) is 11.3. The Morgan fingerprint density at radius 2 is 1.80 bits per heavy atom. The fourth-order valence-electron chi connectivity index (χ4n) is 2.93. The van der Waals surface area contributed by atoms with E-state index in [2.05, 4.69) is 5.32 Å². The number of halogens is 1. The third-order valence-corrected chi connectivity index (χ3v) is 7.67. The van der Waals surface area contributed by atoms with E-state index in [9.17, 15) is 17.6 Å². The lowest BCUT2D eigenvalue weighted by molar-refractivity contribution is -0.119. The molecule has 3 rings (SSSR count). The average molecular weight is 447 g/mol. The zero-order valence-corrected chi connectivity index (χ0v) is 18.2. The van der Waals surface area contributed by atoms with Gasteiger partial charge in [-0.1, -0.05) is 48.0 Å². The van der Waals surface area contributed by atoms with Gasteiger partial charge in [0.1, 0.15) is 16.6 Å². The van der Waals surface area contributed by atoms with Gasteiger partial charge in [0.2, 0.25) is 5.91 Å². The number of sulfonamides is 1. The summed E-state index contributed by atoms with van der Waals surface area (Å²) in [6, 6.07) is 16.7. The molecule has 0 aliphatic rings. The van der Waals surface area contributed by atoms with Gasteiger partial charge in [-0.05, 0) is 48.9 Å². The third-order valence-electron chi connectivity index (χ3n) is 4.53. The highest BCUT2D eigenvalue weighted by atomic mass is 32.2. The Labute approximate surface area is 180 Å². The second kappa shape index (κ2) is 9.86. The molecular weight excluding hydrogens is 423 g/mol. The van der Waals surface area contributed by atoms with Crippen molar-refractivity contribution >= 4 is 33.0 Å². The van der Waals surface area contributed by atoms with E-state index in [0.29, 0.717) is 13.0 Å². The number of carbonyl (C=O) groups excluding carboxylic acids is 1. The number of carbonyl (C=O) groups is 1. The highest BCUT2D eigenvalue weighted by molar-refractivity contribution is 7.94. The highest BCUT2D eigenvalue weighted by Gasteiger charge is 2.29. The first-order valence-corrected chi connectivity index (χ1v) is 11.8. The Hall–Kier alpha value is -2.71. The molecule has 0 fully saturated rings. The van der Waals surface area contributed by atoms with Crippen LogP contribution in [-0.2, 0) is 21.2 Å². The van der Waals surface area contributed by atoms with Crippen LogP contribution in [0.15, 0.2) is 70.3 Å². The van der Waals surface area contributed by atoms with E-state index in [1.54, 1.807) is 11.4 Å². The van der Waals surface area contributed by atoms with Crippen LogP contribution in [0.4, 0.5) is 10.1 Å². The van der Waals surface area contributed by atoms with Crippen molar-refractivity contribution in [2.24, 2.45) is 0 Å². The van der Waals surface area contributed by atoms with Crippen LogP contribution >= 0.6 is 11.3 Å². The molecule has 2 aromatic carbocycles. The molecule has 30 heavy (non-hydrogen) atoms. The fourth-order valence-corrected chi connectivity index (χ4v) is 5.47. The Balaban J connectivity index is 1.66. The van der Waals surface area contributed by atoms with Gasteiger partial charge in [-0.2, -0.15) is 0 Å². The van der Waals surface area contributed by atoms with Crippen molar-refractivity contribution < 1.29 is 17.6 Å². The molecule has 1 heterocycles. The monoisotopic (exact) mass is 446 g/mol. The first-order valence-electron chi connectivity index (χ1n) is 9.51. The van der Waals surface area contributed by atoms with E-state index in [4.69, 9.17) is 0 Å². The molecule has 0 saturated carbocycles. The lowest BCUT2D eigenvalue weighted by Crippen LogP contribution is -2.41. The van der Waals surface area contributed by atoms with Crippen LogP contribution in [0.5, 0.6) is 0 Å². The summed E-state index contributed by atoms with van der Waals surface area (Å²) in [5.74, 6) is -1.19. The van der Waals surface area contributed by atoms with Gasteiger partial charge in [0.25, 0.3) is 10.0 Å². The molecule has 158 valence electrons. The number of aryl methyl sites for hydroxylation is 2. The summed E-state index contributed by atoms with van der Waals surface area (Å²) in [6.45, 7) is 1.93. The van der Waals surface area contributed by atoms with Crippen molar-refractivity contribution in [3.63, 3.8) is 0 Å². The topological polar surface area (TPSA) is 66.5 Å². The van der Waals surface area contributed by atoms with Crippen molar-refractivity contribution in [2.75, 3.05) is 17.4 Å². The molecule has 1 amide bonds. The summed E-state index contributed by atoms with van der Waals surface area (Å²) in [5, 5.41) is 4.36. The second-order valence-corrected chi connectivity index (χ2v) is 9.87. The van der Waals surface area contributed by atoms with E-state index in [1.165, 1.54) is 41.5 Å². The number of rotatable bonds is 9. The Morgan fingerprint density at radius 3 is 2.47 bits per heavy atom. The van der Waals surface area contributed by atoms with Crippen LogP contribution in [0.1, 0.15) is 17.5 Å². The standard InChI is InChI=1S/C22H23FN2O3S2/c1-17-10-12-18(13-11-17)6-4-14-24-21(26)16-25(20-8-3-2-7-19(20)23)30(27,28)22-9-5-15-29-22/h2-3,5,7-13,15H,4,6,14,16H2,1H3,(H,24,26). The number of amides is 1. The smallest absolute Gasteiger partial charge is 0.274 e. The summed E-state index contributed by atoms with van der Waals surface area (Å²) in [7, 11) is -4.06. The number of anilines is 1. The molecule has 0 bridgehead atoms. The average Bonchev–Trinajstić information content (AvgIpc) is 3.27. The van der Waals surface area contributed by atoms with E-state index < -0.39 is 28.3 Å². The molecule has 0 unspecified atom stereocenters. The largest absolute Gasteiger partial charge is 0.355 e. The maximum atomic E-state index is 14.4. The minimum Gasteiger partial charge on any atom is -0.355 e. The summed E-state index contributed by atoms with van der Waals surface area (Å²) < 4.78 is 41.3. The molecule has 8 heteroatoms. The molecule has 5 nitrogen and oxygen atoms in total. The molecule has 1 N–H and O–H groups in total. The lowest BCUT2D eigenvalue weighted by atomic mass is 10.1. The van der Waals surface area contributed by atoms with E-state index in [1.807, 2.05) is 31.2 Å². The molecule has 0 aliphatic heterocycles. The number of para-hydroxylation sites is 1. The van der Waals surface area contributed by atoms with Crippen LogP contribution in [0, 0.1) is 12.7 Å². The molecular formula is C22H23FN2O3S2. The summed E-state index contributed by atoms with van der Waals surface area (Å²) in [6.07, 6.45) is 1.51. The molecule has 0 atom stereocenters. The Kier molecular flexibility index (Phi) is 7.23. The van der Waals surface area contributed by atoms with Gasteiger partial charge in [0.15, 0.2) is 0 Å². The van der Waals surface area contributed by atoms with Crippen LogP contribution in [0.2, 0.25) is 0 Å². The predicted molar refractivity (Wildman–Crippen MR) is 118 cm³/mol. The van der Waals surface area contributed by atoms with Gasteiger partial charge in [-0.15, -0.1) is 11.3 Å². The van der Waals surface area contributed by atoms with Crippen molar-refractivity contribution in [1.82, 2.24) is 5.32 Å². The van der Waals surface area contributed by atoms with Gasteiger partial charge in [-0.25, -0.2) is 12.8 Å². The molecule has 0 spiro atoms. The van der Waals surface area contributed by atoms with E-state index >= 15 is 0 Å². The number of nitrogens with zero attached hydrogens (tertiary/aromatic N) is 1. The lowest BCUT2D eigenvalue weighted by Gasteiger charge is -2.23. The Morgan fingerprint density at radius 1 is 1.07 bits per heavy atom. The molecule has 0 saturated heterocycles. The van der Waals surface area contributed by atoms with Gasteiger partial charge in [0.05, 0.1) is 5.69 Å². The molecule has 0 aliphatic carbocycles. The van der Waals surface area contributed by atoms with Crippen molar-refractivity contribution in [3.05, 3.63) is 83.0 Å². The van der Waals surface area contributed by atoms with Gasteiger partial charge >= 0.3 is 0 Å². The van der Waals surface area contributed by atoms with Crippen LogP contribution < -0.4 is 9.62 Å². The first kappa shape index (κ1) is 22.0. The van der Waals surface area contributed by atoms with Gasteiger partial charge in [0, 0.05) is 6.54 Å². The predicted octanol–water partition coefficient (Wildman–Crippen LogP) is 4.14. The molecule has 3 aromatic rings. The number of thiophene rings is 1. The minimum atomic E-state index is -4.06.